The van der Waals surface area contributed by atoms with Gasteiger partial charge in [0.15, 0.2) is 0 Å². The Balaban J connectivity index is 2.01. The van der Waals surface area contributed by atoms with Crippen molar-refractivity contribution in [3.63, 3.8) is 0 Å². The molecule has 13 heavy (non-hydrogen) atoms. The molecule has 2 aliphatic rings. The SMILES string of the molecule is CCC1(C2CCOCC2)CCCN1. The predicted octanol–water partition coefficient (Wildman–Crippen LogP) is 1.95. The fourth-order valence-corrected chi connectivity index (χ4v) is 3.02. The van der Waals surface area contributed by atoms with Gasteiger partial charge in [-0.05, 0) is 44.6 Å². The van der Waals surface area contributed by atoms with Crippen LogP contribution in [0.3, 0.4) is 0 Å². The molecule has 0 saturated carbocycles. The normalized spacial score (nSPS) is 36.7. The van der Waals surface area contributed by atoms with Crippen LogP contribution in [0.2, 0.25) is 0 Å². The fraction of sp³-hybridized carbons (Fsp3) is 1.00. The minimum Gasteiger partial charge on any atom is -0.381 e. The van der Waals surface area contributed by atoms with Crippen LogP contribution in [0.25, 0.3) is 0 Å². The predicted molar refractivity (Wildman–Crippen MR) is 53.8 cm³/mol. The Morgan fingerprint density at radius 3 is 2.69 bits per heavy atom. The van der Waals surface area contributed by atoms with Gasteiger partial charge in [-0.25, -0.2) is 0 Å². The number of nitrogens with one attached hydrogen (secondary N) is 1. The van der Waals surface area contributed by atoms with Crippen LogP contribution in [0.15, 0.2) is 0 Å². The molecule has 76 valence electrons. The molecule has 2 fully saturated rings. The summed E-state index contributed by atoms with van der Waals surface area (Å²) in [4.78, 5) is 0. The van der Waals surface area contributed by atoms with Crippen LogP contribution in [-0.4, -0.2) is 25.3 Å². The second kappa shape index (κ2) is 3.97. The highest BCUT2D eigenvalue weighted by Gasteiger charge is 2.39. The molecule has 2 rings (SSSR count). The van der Waals surface area contributed by atoms with E-state index < -0.39 is 0 Å². The summed E-state index contributed by atoms with van der Waals surface area (Å²) in [5, 5.41) is 3.73. The summed E-state index contributed by atoms with van der Waals surface area (Å²) in [6.45, 7) is 5.52. The Hall–Kier alpha value is -0.0800. The van der Waals surface area contributed by atoms with Gasteiger partial charge in [-0.3, -0.25) is 0 Å². The van der Waals surface area contributed by atoms with Gasteiger partial charge in [0.05, 0.1) is 0 Å². The Labute approximate surface area is 81.0 Å². The lowest BCUT2D eigenvalue weighted by Crippen LogP contribution is -2.48. The zero-order valence-electron chi connectivity index (χ0n) is 8.64. The molecule has 0 aromatic rings. The van der Waals surface area contributed by atoms with E-state index in [1.165, 1.54) is 38.6 Å². The first-order chi connectivity index (χ1) is 6.37. The first-order valence-electron chi connectivity index (χ1n) is 5.70. The van der Waals surface area contributed by atoms with E-state index in [0.29, 0.717) is 5.54 Å². The standard InChI is InChI=1S/C11H21NO/c1-2-11(6-3-7-12-11)10-4-8-13-9-5-10/h10,12H,2-9H2,1H3. The van der Waals surface area contributed by atoms with Gasteiger partial charge in [0, 0.05) is 18.8 Å². The van der Waals surface area contributed by atoms with Crippen molar-refractivity contribution in [2.24, 2.45) is 5.92 Å². The molecule has 1 unspecified atom stereocenters. The van der Waals surface area contributed by atoms with Crippen LogP contribution in [0.5, 0.6) is 0 Å². The van der Waals surface area contributed by atoms with Gasteiger partial charge in [-0.1, -0.05) is 6.92 Å². The van der Waals surface area contributed by atoms with Gasteiger partial charge in [0.25, 0.3) is 0 Å². The minimum atomic E-state index is 0.476. The maximum Gasteiger partial charge on any atom is 0.0469 e. The lowest BCUT2D eigenvalue weighted by Gasteiger charge is -2.39. The molecule has 1 N–H and O–H groups in total. The summed E-state index contributed by atoms with van der Waals surface area (Å²) in [6.07, 6.45) is 6.57. The molecule has 0 aromatic heterocycles. The average molecular weight is 183 g/mol. The summed E-state index contributed by atoms with van der Waals surface area (Å²) in [6, 6.07) is 0. The molecule has 1 atom stereocenters. The van der Waals surface area contributed by atoms with Gasteiger partial charge in [-0.15, -0.1) is 0 Å². The summed E-state index contributed by atoms with van der Waals surface area (Å²) in [5.41, 5.74) is 0.476. The third-order valence-electron chi connectivity index (χ3n) is 3.91. The van der Waals surface area contributed by atoms with Gasteiger partial charge in [0.2, 0.25) is 0 Å². The molecular weight excluding hydrogens is 162 g/mol. The van der Waals surface area contributed by atoms with Crippen molar-refractivity contribution < 1.29 is 4.74 Å². The number of hydrogen-bond acceptors (Lipinski definition) is 2. The second-order valence-electron chi connectivity index (χ2n) is 4.43. The molecule has 0 aromatic carbocycles. The van der Waals surface area contributed by atoms with E-state index in [1.807, 2.05) is 0 Å². The highest BCUT2D eigenvalue weighted by Crippen LogP contribution is 2.36. The van der Waals surface area contributed by atoms with Crippen LogP contribution in [-0.2, 0) is 4.74 Å². The zero-order chi connectivity index (χ0) is 9.15. The van der Waals surface area contributed by atoms with E-state index in [0.717, 1.165) is 19.1 Å². The maximum atomic E-state index is 5.42. The summed E-state index contributed by atoms with van der Waals surface area (Å²) >= 11 is 0. The van der Waals surface area contributed by atoms with Crippen LogP contribution < -0.4 is 5.32 Å². The smallest absolute Gasteiger partial charge is 0.0469 e. The van der Waals surface area contributed by atoms with E-state index in [9.17, 15) is 0 Å². The van der Waals surface area contributed by atoms with Crippen molar-refractivity contribution in [2.75, 3.05) is 19.8 Å². The second-order valence-corrected chi connectivity index (χ2v) is 4.43. The average Bonchev–Trinajstić information content (AvgIpc) is 2.69. The van der Waals surface area contributed by atoms with Crippen LogP contribution in [0, 0.1) is 5.92 Å². The van der Waals surface area contributed by atoms with Crippen molar-refractivity contribution in [1.29, 1.82) is 0 Å². The Kier molecular flexibility index (Phi) is 2.89. The lowest BCUT2D eigenvalue weighted by atomic mass is 9.76. The third kappa shape index (κ3) is 1.75. The topological polar surface area (TPSA) is 21.3 Å². The zero-order valence-corrected chi connectivity index (χ0v) is 8.64. The summed E-state index contributed by atoms with van der Waals surface area (Å²) in [5.74, 6) is 0.869. The van der Waals surface area contributed by atoms with Gasteiger partial charge in [-0.2, -0.15) is 0 Å². The Bertz CT molecular complexity index is 157. The molecule has 0 bridgehead atoms. The van der Waals surface area contributed by atoms with Crippen molar-refractivity contribution in [3.8, 4) is 0 Å². The minimum absolute atomic E-state index is 0.476. The van der Waals surface area contributed by atoms with Crippen molar-refractivity contribution >= 4 is 0 Å². The van der Waals surface area contributed by atoms with E-state index in [-0.39, 0.29) is 0 Å². The van der Waals surface area contributed by atoms with Crippen molar-refractivity contribution in [1.82, 2.24) is 5.32 Å². The molecule has 2 heteroatoms. The molecule has 2 heterocycles. The van der Waals surface area contributed by atoms with E-state index >= 15 is 0 Å². The van der Waals surface area contributed by atoms with E-state index in [4.69, 9.17) is 4.74 Å². The highest BCUT2D eigenvalue weighted by atomic mass is 16.5. The number of ether oxygens (including phenoxy) is 1. The third-order valence-corrected chi connectivity index (χ3v) is 3.91. The fourth-order valence-electron chi connectivity index (χ4n) is 3.02. The molecular formula is C11H21NO. The first kappa shape index (κ1) is 9.47. The first-order valence-corrected chi connectivity index (χ1v) is 5.70. The van der Waals surface area contributed by atoms with Crippen molar-refractivity contribution in [2.45, 2.75) is 44.6 Å². The Morgan fingerprint density at radius 1 is 1.38 bits per heavy atom. The summed E-state index contributed by atoms with van der Waals surface area (Å²) in [7, 11) is 0. The van der Waals surface area contributed by atoms with E-state index in [1.54, 1.807) is 0 Å². The number of hydrogen-bond donors (Lipinski definition) is 1. The highest BCUT2D eigenvalue weighted by molar-refractivity contribution is 4.97. The van der Waals surface area contributed by atoms with Crippen molar-refractivity contribution in [3.05, 3.63) is 0 Å². The van der Waals surface area contributed by atoms with Crippen LogP contribution in [0.1, 0.15) is 39.0 Å². The summed E-state index contributed by atoms with van der Waals surface area (Å²) < 4.78 is 5.42. The molecule has 2 saturated heterocycles. The molecule has 0 amide bonds. The molecule has 0 aliphatic carbocycles. The van der Waals surface area contributed by atoms with Crippen LogP contribution in [0.4, 0.5) is 0 Å². The van der Waals surface area contributed by atoms with Gasteiger partial charge in [0.1, 0.15) is 0 Å². The largest absolute Gasteiger partial charge is 0.381 e. The Morgan fingerprint density at radius 2 is 2.15 bits per heavy atom. The molecule has 0 spiro atoms. The van der Waals surface area contributed by atoms with Gasteiger partial charge < -0.3 is 10.1 Å². The van der Waals surface area contributed by atoms with Gasteiger partial charge >= 0.3 is 0 Å². The monoisotopic (exact) mass is 183 g/mol. The molecule has 2 nitrogen and oxygen atoms in total. The number of rotatable bonds is 2. The lowest BCUT2D eigenvalue weighted by molar-refractivity contribution is 0.0316. The molecule has 2 aliphatic heterocycles. The van der Waals surface area contributed by atoms with Crippen LogP contribution >= 0.6 is 0 Å². The maximum absolute atomic E-state index is 5.42. The quantitative estimate of drug-likeness (QED) is 0.706. The molecule has 0 radical (unpaired) electrons. The van der Waals surface area contributed by atoms with E-state index in [2.05, 4.69) is 12.2 Å².